The first-order chi connectivity index (χ1) is 20.9. The summed E-state index contributed by atoms with van der Waals surface area (Å²) in [5.74, 6) is -0.0800. The van der Waals surface area contributed by atoms with Crippen molar-refractivity contribution in [1.29, 1.82) is 0 Å². The lowest BCUT2D eigenvalue weighted by atomic mass is 9.76. The predicted molar refractivity (Wildman–Crippen MR) is 155 cm³/mol. The maximum absolute atomic E-state index is 13.4. The van der Waals surface area contributed by atoms with Crippen LogP contribution in [-0.4, -0.2) is 55.7 Å². The van der Waals surface area contributed by atoms with Crippen molar-refractivity contribution in [3.05, 3.63) is 77.1 Å². The smallest absolute Gasteiger partial charge is 0.408 e. The molecule has 1 aliphatic heterocycles. The molecule has 2 aliphatic carbocycles. The highest BCUT2D eigenvalue weighted by atomic mass is 19.3. The number of rotatable bonds is 5. The summed E-state index contributed by atoms with van der Waals surface area (Å²) in [5, 5.41) is 7.81. The van der Waals surface area contributed by atoms with Gasteiger partial charge in [0, 0.05) is 53.8 Å². The van der Waals surface area contributed by atoms with E-state index in [1.807, 2.05) is 39.1 Å². The third-order valence-electron chi connectivity index (χ3n) is 8.83. The van der Waals surface area contributed by atoms with Crippen LogP contribution >= 0.6 is 0 Å². The molecule has 0 spiro atoms. The number of fused-ring (bicyclic) bond motifs is 9. The maximum Gasteiger partial charge on any atom is 0.408 e. The molecule has 4 heterocycles. The Bertz CT molecular complexity index is 1800. The molecule has 12 heteroatoms. The van der Waals surface area contributed by atoms with Gasteiger partial charge in [0.25, 0.3) is 5.91 Å². The van der Waals surface area contributed by atoms with Gasteiger partial charge in [0.1, 0.15) is 16.9 Å². The van der Waals surface area contributed by atoms with Crippen molar-refractivity contribution in [1.82, 2.24) is 29.8 Å². The second-order valence-electron chi connectivity index (χ2n) is 12.7. The molecule has 2 amide bonds. The molecule has 1 aromatic carbocycles. The molecule has 1 N–H and O–H groups in total. The molecular weight excluding hydrogens is 570 g/mol. The van der Waals surface area contributed by atoms with E-state index < -0.39 is 23.8 Å². The van der Waals surface area contributed by atoms with Crippen molar-refractivity contribution < 1.29 is 27.8 Å². The van der Waals surface area contributed by atoms with Gasteiger partial charge in [-0.15, -0.1) is 0 Å². The van der Waals surface area contributed by atoms with E-state index in [1.165, 1.54) is 6.07 Å². The number of carbonyl (C=O) groups is 2. The van der Waals surface area contributed by atoms with Crippen molar-refractivity contribution in [3.8, 4) is 16.9 Å². The Balaban J connectivity index is 1.25. The fraction of sp³-hybridized carbons (Fsp3) is 0.406. The molecule has 3 aromatic heterocycles. The minimum Gasteiger partial charge on any atom is -0.444 e. The minimum atomic E-state index is -3.02. The number of ether oxygens (including phenoxy) is 2. The van der Waals surface area contributed by atoms with Crippen LogP contribution in [-0.2, 0) is 10.3 Å². The van der Waals surface area contributed by atoms with Gasteiger partial charge in [-0.2, -0.15) is 13.9 Å². The van der Waals surface area contributed by atoms with Crippen molar-refractivity contribution in [2.75, 3.05) is 7.05 Å². The Morgan fingerprint density at radius 2 is 1.86 bits per heavy atom. The van der Waals surface area contributed by atoms with Gasteiger partial charge in [0.15, 0.2) is 5.82 Å². The van der Waals surface area contributed by atoms with E-state index in [0.29, 0.717) is 23.4 Å². The van der Waals surface area contributed by atoms with Crippen molar-refractivity contribution in [2.24, 2.45) is 0 Å². The Hall–Kier alpha value is -4.61. The second-order valence-corrected chi connectivity index (χ2v) is 12.7. The first-order valence-electron chi connectivity index (χ1n) is 14.7. The highest BCUT2D eigenvalue weighted by molar-refractivity contribution is 5.98. The molecule has 0 radical (unpaired) electrons. The van der Waals surface area contributed by atoms with Gasteiger partial charge in [0.05, 0.1) is 17.3 Å². The van der Waals surface area contributed by atoms with Crippen LogP contribution in [0.3, 0.4) is 0 Å². The Morgan fingerprint density at radius 1 is 1.11 bits per heavy atom. The zero-order chi connectivity index (χ0) is 31.0. The standard InChI is InChI=1S/C32H32F2N6O4/c1-31(2,3)44-30(42)37-32(10-6-11-32)28-35-15-18(16-36-28)17-9-12-40-21(13-17)25-20-14-22(26(25)38-40)39(4)27(41)19-7-5-8-23(24(19)20)43-29(33)34/h5,7-9,12-13,15-16,20,22,29H,6,10-11,14H2,1-4H3,(H,37,42). The average molecular weight is 603 g/mol. The predicted octanol–water partition coefficient (Wildman–Crippen LogP) is 5.96. The number of carbonyl (C=O) groups excluding carboxylic acids is 2. The summed E-state index contributed by atoms with van der Waals surface area (Å²) >= 11 is 0. The van der Waals surface area contributed by atoms with Gasteiger partial charge in [-0.1, -0.05) is 6.07 Å². The summed E-state index contributed by atoms with van der Waals surface area (Å²) in [7, 11) is 1.72. The molecule has 2 unspecified atom stereocenters. The van der Waals surface area contributed by atoms with Gasteiger partial charge in [0.2, 0.25) is 0 Å². The average Bonchev–Trinajstić information content (AvgIpc) is 3.47. The quantitative estimate of drug-likeness (QED) is 0.300. The van der Waals surface area contributed by atoms with Crippen LogP contribution < -0.4 is 10.1 Å². The number of nitrogens with zero attached hydrogens (tertiary/aromatic N) is 5. The molecule has 10 nitrogen and oxygen atoms in total. The Labute approximate surface area is 252 Å². The van der Waals surface area contributed by atoms with Crippen LogP contribution in [0.5, 0.6) is 5.75 Å². The first kappa shape index (κ1) is 28.2. The zero-order valence-corrected chi connectivity index (χ0v) is 24.8. The molecule has 2 bridgehead atoms. The molecule has 7 rings (SSSR count). The topological polar surface area (TPSA) is 111 Å². The van der Waals surface area contributed by atoms with Gasteiger partial charge < -0.3 is 19.7 Å². The van der Waals surface area contributed by atoms with Crippen LogP contribution in [0.15, 0.2) is 48.9 Å². The molecule has 1 saturated carbocycles. The molecule has 4 aromatic rings. The summed E-state index contributed by atoms with van der Waals surface area (Å²) in [5.41, 5.74) is 3.58. The van der Waals surface area contributed by atoms with Crippen LogP contribution in [0.1, 0.15) is 91.4 Å². The number of pyridine rings is 1. The normalized spacial score (nSPS) is 20.2. The number of alkyl halides is 2. The van der Waals surface area contributed by atoms with Crippen molar-refractivity contribution in [2.45, 2.75) is 76.2 Å². The van der Waals surface area contributed by atoms with E-state index in [0.717, 1.165) is 47.2 Å². The van der Waals surface area contributed by atoms with E-state index in [-0.39, 0.29) is 23.6 Å². The van der Waals surface area contributed by atoms with Crippen LogP contribution in [0.4, 0.5) is 13.6 Å². The number of amides is 2. The molecule has 2 atom stereocenters. The lowest BCUT2D eigenvalue weighted by Crippen LogP contribution is -2.53. The van der Waals surface area contributed by atoms with E-state index in [2.05, 4.69) is 15.3 Å². The highest BCUT2D eigenvalue weighted by Gasteiger charge is 2.46. The summed E-state index contributed by atoms with van der Waals surface area (Å²) in [6.45, 7) is 2.43. The molecule has 44 heavy (non-hydrogen) atoms. The van der Waals surface area contributed by atoms with Crippen LogP contribution in [0.2, 0.25) is 0 Å². The molecule has 1 fully saturated rings. The second kappa shape index (κ2) is 9.96. The third-order valence-corrected chi connectivity index (χ3v) is 8.83. The number of aromatic nitrogens is 4. The van der Waals surface area contributed by atoms with Gasteiger partial charge >= 0.3 is 12.7 Å². The lowest BCUT2D eigenvalue weighted by molar-refractivity contribution is -0.0506. The number of hydrogen-bond donors (Lipinski definition) is 1. The first-order valence-corrected chi connectivity index (χ1v) is 14.7. The van der Waals surface area contributed by atoms with Crippen LogP contribution in [0.25, 0.3) is 16.6 Å². The number of alkyl carbamates (subject to hydrolysis) is 1. The Kier molecular flexibility index (Phi) is 6.38. The number of hydrogen-bond acceptors (Lipinski definition) is 7. The monoisotopic (exact) mass is 602 g/mol. The molecular formula is C32H32F2N6O4. The summed E-state index contributed by atoms with van der Waals surface area (Å²) in [6, 6.07) is 8.29. The third kappa shape index (κ3) is 4.54. The van der Waals surface area contributed by atoms with E-state index >= 15 is 0 Å². The summed E-state index contributed by atoms with van der Waals surface area (Å²) in [4.78, 5) is 36.9. The van der Waals surface area contributed by atoms with E-state index in [4.69, 9.17) is 14.6 Å². The largest absolute Gasteiger partial charge is 0.444 e. The Morgan fingerprint density at radius 3 is 2.52 bits per heavy atom. The fourth-order valence-corrected chi connectivity index (χ4v) is 6.70. The zero-order valence-electron chi connectivity index (χ0n) is 24.8. The highest BCUT2D eigenvalue weighted by Crippen LogP contribution is 2.53. The van der Waals surface area contributed by atoms with Crippen molar-refractivity contribution in [3.63, 3.8) is 0 Å². The van der Waals surface area contributed by atoms with Crippen LogP contribution in [0, 0.1) is 0 Å². The summed E-state index contributed by atoms with van der Waals surface area (Å²) < 4.78 is 39.0. The number of nitrogens with one attached hydrogen (secondary N) is 1. The van der Waals surface area contributed by atoms with E-state index in [9.17, 15) is 18.4 Å². The molecule has 3 aliphatic rings. The lowest BCUT2D eigenvalue weighted by Gasteiger charge is -2.41. The SMILES string of the molecule is CN1C(=O)c2cccc(OC(F)F)c2C2CC1c1nn3ccc(-c4cnc(C5(NC(=O)OC(C)(C)C)CCC5)nc4)cc3c12. The number of benzene rings is 1. The molecule has 228 valence electrons. The van der Waals surface area contributed by atoms with Gasteiger partial charge in [-0.25, -0.2) is 19.3 Å². The minimum absolute atomic E-state index is 0.00200. The molecule has 0 saturated heterocycles. The van der Waals surface area contributed by atoms with Gasteiger partial charge in [-0.05, 0) is 76.3 Å². The van der Waals surface area contributed by atoms with Crippen molar-refractivity contribution >= 4 is 17.5 Å². The maximum atomic E-state index is 13.4. The number of halogens is 2. The van der Waals surface area contributed by atoms with Gasteiger partial charge in [-0.3, -0.25) is 4.79 Å². The summed E-state index contributed by atoms with van der Waals surface area (Å²) in [6.07, 6.45) is 7.71. The fourth-order valence-electron chi connectivity index (χ4n) is 6.70. The van der Waals surface area contributed by atoms with E-state index in [1.54, 1.807) is 41.0 Å².